The van der Waals surface area contributed by atoms with Crippen LogP contribution < -0.4 is 4.74 Å². The fourth-order valence-corrected chi connectivity index (χ4v) is 2.41. The monoisotopic (exact) mass is 363 g/mol. The average molecular weight is 363 g/mol. The normalized spacial score (nSPS) is 9.89. The third-order valence-corrected chi connectivity index (χ3v) is 3.87. The van der Waals surface area contributed by atoms with Gasteiger partial charge >= 0.3 is 11.9 Å². The molecule has 0 N–H and O–H groups in total. The highest BCUT2D eigenvalue weighted by atomic mass is 16.5. The molecule has 2 rings (SSSR count). The van der Waals surface area contributed by atoms with Crippen molar-refractivity contribution in [3.05, 3.63) is 66.7 Å². The van der Waals surface area contributed by atoms with Crippen molar-refractivity contribution in [2.24, 2.45) is 0 Å². The van der Waals surface area contributed by atoms with Crippen LogP contribution in [-0.2, 0) is 14.3 Å². The first-order valence-electron chi connectivity index (χ1n) is 8.73. The molecule has 0 bridgehead atoms. The Labute approximate surface area is 158 Å². The topological polar surface area (TPSA) is 76.4 Å². The van der Waals surface area contributed by atoms with Gasteiger partial charge in [-0.25, -0.2) is 4.79 Å². The maximum Gasteiger partial charge on any atom is 0.330 e. The summed E-state index contributed by atoms with van der Waals surface area (Å²) in [6.07, 6.45) is 3.59. The number of unbranched alkanes of at least 4 members (excludes halogenated alkanes) is 2. The largest absolute Gasteiger partial charge is 0.463 e. The molecular weight excluding hydrogens is 342 g/mol. The summed E-state index contributed by atoms with van der Waals surface area (Å²) in [5.74, 6) is -0.222. The van der Waals surface area contributed by atoms with E-state index in [1.807, 2.05) is 24.3 Å². The third-order valence-electron chi connectivity index (χ3n) is 3.87. The molecule has 0 saturated heterocycles. The minimum Gasteiger partial charge on any atom is -0.463 e. The van der Waals surface area contributed by atoms with Gasteiger partial charge in [0.15, 0.2) is 0 Å². The summed E-state index contributed by atoms with van der Waals surface area (Å²) >= 11 is 0. The van der Waals surface area contributed by atoms with Gasteiger partial charge < -0.3 is 9.47 Å². The summed E-state index contributed by atoms with van der Waals surface area (Å²) < 4.78 is 10.2. The van der Waals surface area contributed by atoms with E-state index in [-0.39, 0.29) is 5.97 Å². The van der Waals surface area contributed by atoms with Crippen LogP contribution in [0, 0.1) is 11.3 Å². The summed E-state index contributed by atoms with van der Waals surface area (Å²) in [5.41, 5.74) is 2.58. The smallest absolute Gasteiger partial charge is 0.330 e. The van der Waals surface area contributed by atoms with Gasteiger partial charge in [0, 0.05) is 12.5 Å². The highest BCUT2D eigenvalue weighted by Gasteiger charge is 2.06. The number of hydrogen-bond acceptors (Lipinski definition) is 5. The fourth-order valence-electron chi connectivity index (χ4n) is 2.41. The van der Waals surface area contributed by atoms with E-state index in [1.54, 1.807) is 24.3 Å². The van der Waals surface area contributed by atoms with Crippen molar-refractivity contribution in [2.45, 2.75) is 25.7 Å². The van der Waals surface area contributed by atoms with Gasteiger partial charge in [-0.1, -0.05) is 30.8 Å². The van der Waals surface area contributed by atoms with Gasteiger partial charge in [-0.05, 0) is 54.7 Å². The van der Waals surface area contributed by atoms with Crippen molar-refractivity contribution >= 4 is 11.9 Å². The van der Waals surface area contributed by atoms with Crippen LogP contribution in [-0.4, -0.2) is 18.5 Å². The highest BCUT2D eigenvalue weighted by Crippen LogP contribution is 2.23. The van der Waals surface area contributed by atoms with Gasteiger partial charge in [0.2, 0.25) is 0 Å². The lowest BCUT2D eigenvalue weighted by atomic mass is 10.0. The number of carbonyl (C=O) groups is 2. The Morgan fingerprint density at radius 2 is 1.59 bits per heavy atom. The van der Waals surface area contributed by atoms with Gasteiger partial charge in [-0.15, -0.1) is 0 Å². The molecule has 0 fully saturated rings. The molecule has 27 heavy (non-hydrogen) atoms. The van der Waals surface area contributed by atoms with Gasteiger partial charge in [-0.2, -0.15) is 5.26 Å². The number of rotatable bonds is 9. The van der Waals surface area contributed by atoms with Crippen LogP contribution in [0.15, 0.2) is 61.2 Å². The number of ether oxygens (including phenoxy) is 2. The van der Waals surface area contributed by atoms with Crippen LogP contribution in [0.3, 0.4) is 0 Å². The zero-order valence-corrected chi connectivity index (χ0v) is 15.0. The third kappa shape index (κ3) is 6.79. The van der Waals surface area contributed by atoms with E-state index in [0.29, 0.717) is 37.2 Å². The van der Waals surface area contributed by atoms with E-state index in [9.17, 15) is 9.59 Å². The maximum absolute atomic E-state index is 11.9. The van der Waals surface area contributed by atoms with Crippen molar-refractivity contribution < 1.29 is 19.1 Å². The van der Waals surface area contributed by atoms with Crippen molar-refractivity contribution in [2.75, 3.05) is 6.61 Å². The Balaban J connectivity index is 1.73. The first-order chi connectivity index (χ1) is 13.1. The van der Waals surface area contributed by atoms with Gasteiger partial charge in [0.05, 0.1) is 18.2 Å². The fraction of sp³-hybridized carbons (Fsp3) is 0.227. The van der Waals surface area contributed by atoms with Crippen LogP contribution in [0.4, 0.5) is 0 Å². The minimum atomic E-state index is -0.432. The number of carbonyl (C=O) groups excluding carboxylic acids is 2. The van der Waals surface area contributed by atoms with Gasteiger partial charge in [0.25, 0.3) is 0 Å². The number of benzene rings is 2. The predicted octanol–water partition coefficient (Wildman–Crippen LogP) is 4.42. The second-order valence-electron chi connectivity index (χ2n) is 5.87. The highest BCUT2D eigenvalue weighted by molar-refractivity contribution is 5.81. The predicted molar refractivity (Wildman–Crippen MR) is 102 cm³/mol. The molecule has 0 atom stereocenters. The first kappa shape index (κ1) is 19.9. The Bertz CT molecular complexity index is 817. The standard InChI is InChI=1S/C22H21NO4/c1-2-21(24)26-15-5-3-4-6-22(25)27-20-13-11-19(12-14-20)18-9-7-17(16-23)8-10-18/h2,7-14H,1,3-6,15H2. The summed E-state index contributed by atoms with van der Waals surface area (Å²) in [7, 11) is 0. The molecule has 0 amide bonds. The number of hydrogen-bond donors (Lipinski definition) is 0. The average Bonchev–Trinajstić information content (AvgIpc) is 2.71. The summed E-state index contributed by atoms with van der Waals surface area (Å²) in [4.78, 5) is 22.7. The molecule has 0 unspecified atom stereocenters. The molecule has 0 aliphatic heterocycles. The number of esters is 2. The Morgan fingerprint density at radius 3 is 2.19 bits per heavy atom. The van der Waals surface area contributed by atoms with E-state index in [4.69, 9.17) is 14.7 Å². The van der Waals surface area contributed by atoms with Crippen LogP contribution in [0.1, 0.15) is 31.2 Å². The van der Waals surface area contributed by atoms with Crippen molar-refractivity contribution in [3.8, 4) is 22.9 Å². The lowest BCUT2D eigenvalue weighted by Crippen LogP contribution is -2.08. The van der Waals surface area contributed by atoms with E-state index in [1.165, 1.54) is 0 Å². The molecule has 0 aromatic heterocycles. The van der Waals surface area contributed by atoms with Crippen LogP contribution in [0.2, 0.25) is 0 Å². The van der Waals surface area contributed by atoms with Crippen LogP contribution in [0.5, 0.6) is 5.75 Å². The minimum absolute atomic E-state index is 0.288. The van der Waals surface area contributed by atoms with Crippen LogP contribution >= 0.6 is 0 Å². The molecule has 2 aromatic rings. The summed E-state index contributed by atoms with van der Waals surface area (Å²) in [5, 5.41) is 8.83. The molecule has 0 spiro atoms. The number of nitriles is 1. The van der Waals surface area contributed by atoms with Crippen molar-refractivity contribution in [1.29, 1.82) is 5.26 Å². The van der Waals surface area contributed by atoms with E-state index < -0.39 is 5.97 Å². The summed E-state index contributed by atoms with van der Waals surface area (Å²) in [6, 6.07) is 16.6. The molecule has 0 aliphatic carbocycles. The number of nitrogens with zero attached hydrogens (tertiary/aromatic N) is 1. The molecule has 0 aliphatic rings. The molecule has 2 aromatic carbocycles. The molecule has 0 radical (unpaired) electrons. The molecule has 138 valence electrons. The second kappa shape index (κ2) is 10.6. The quantitative estimate of drug-likeness (QED) is 0.285. The van der Waals surface area contributed by atoms with Crippen LogP contribution in [0.25, 0.3) is 11.1 Å². The van der Waals surface area contributed by atoms with E-state index in [0.717, 1.165) is 23.6 Å². The Morgan fingerprint density at radius 1 is 0.963 bits per heavy atom. The maximum atomic E-state index is 11.9. The second-order valence-corrected chi connectivity index (χ2v) is 5.87. The molecule has 5 nitrogen and oxygen atoms in total. The molecule has 0 heterocycles. The first-order valence-corrected chi connectivity index (χ1v) is 8.73. The SMILES string of the molecule is C=CC(=O)OCCCCCC(=O)Oc1ccc(-c2ccc(C#N)cc2)cc1. The summed E-state index contributed by atoms with van der Waals surface area (Å²) in [6.45, 7) is 3.65. The van der Waals surface area contributed by atoms with Crippen molar-refractivity contribution in [3.63, 3.8) is 0 Å². The molecule has 0 saturated carbocycles. The lowest BCUT2D eigenvalue weighted by Gasteiger charge is -2.06. The molecule has 5 heteroatoms. The zero-order valence-electron chi connectivity index (χ0n) is 15.0. The van der Waals surface area contributed by atoms with Gasteiger partial charge in [0.1, 0.15) is 5.75 Å². The van der Waals surface area contributed by atoms with Gasteiger partial charge in [-0.3, -0.25) is 4.79 Å². The Hall–Kier alpha value is -3.39. The Kier molecular flexibility index (Phi) is 7.80. The van der Waals surface area contributed by atoms with E-state index in [2.05, 4.69) is 12.6 Å². The lowest BCUT2D eigenvalue weighted by molar-refractivity contribution is -0.138. The molecular formula is C22H21NO4. The van der Waals surface area contributed by atoms with E-state index >= 15 is 0 Å². The zero-order chi connectivity index (χ0) is 19.5. The van der Waals surface area contributed by atoms with Crippen molar-refractivity contribution in [1.82, 2.24) is 0 Å².